The Hall–Kier alpha value is -3.16. The number of fused-ring (bicyclic) bond motifs is 1. The van der Waals surface area contributed by atoms with E-state index in [1.807, 2.05) is 11.0 Å². The number of carbonyl (C=O) groups is 1. The Morgan fingerprint density at radius 1 is 1.18 bits per heavy atom. The molecule has 1 aliphatic rings. The molecule has 1 aromatic carbocycles. The molecule has 0 radical (unpaired) electrons. The van der Waals surface area contributed by atoms with Crippen LogP contribution in [0.5, 0.6) is 0 Å². The van der Waals surface area contributed by atoms with Crippen LogP contribution in [0, 0.1) is 12.7 Å². The van der Waals surface area contributed by atoms with E-state index in [1.165, 1.54) is 12.4 Å². The predicted molar refractivity (Wildman–Crippen MR) is 103 cm³/mol. The van der Waals surface area contributed by atoms with Gasteiger partial charge < -0.3 is 19.0 Å². The molecule has 4 rings (SSSR count). The summed E-state index contributed by atoms with van der Waals surface area (Å²) in [4.78, 5) is 25.1. The number of rotatable bonds is 4. The maximum atomic E-state index is 14.1. The average Bonchev–Trinajstić information content (AvgIpc) is 3.04. The maximum Gasteiger partial charge on any atom is 0.342 e. The van der Waals surface area contributed by atoms with E-state index in [4.69, 9.17) is 9.15 Å². The number of carbonyl (C=O) groups excluding carboxylic acids is 1. The molecule has 1 saturated heterocycles. The fourth-order valence-electron chi connectivity index (χ4n) is 3.59. The molecule has 3 heterocycles. The molecule has 0 N–H and O–H groups in total. The Bertz CT molecular complexity index is 1010. The van der Waals surface area contributed by atoms with Crippen LogP contribution in [0.2, 0.25) is 0 Å². The van der Waals surface area contributed by atoms with Crippen LogP contribution in [-0.4, -0.2) is 48.7 Å². The van der Waals surface area contributed by atoms with E-state index >= 15 is 0 Å². The number of halogens is 1. The van der Waals surface area contributed by atoms with Crippen LogP contribution in [0.25, 0.3) is 11.1 Å². The highest BCUT2D eigenvalue weighted by molar-refractivity contribution is 6.07. The SMILES string of the molecule is CCOC(=O)c1c(C)oc2ncnc(N3CCN(c4ccccc4F)CC3)c12. The second kappa shape index (κ2) is 7.46. The summed E-state index contributed by atoms with van der Waals surface area (Å²) in [6.07, 6.45) is 1.43. The largest absolute Gasteiger partial charge is 0.462 e. The fourth-order valence-corrected chi connectivity index (χ4v) is 3.59. The number of anilines is 2. The molecular formula is C20H21FN4O3. The van der Waals surface area contributed by atoms with Gasteiger partial charge in [-0.05, 0) is 26.0 Å². The summed E-state index contributed by atoms with van der Waals surface area (Å²) < 4.78 is 24.9. The molecular weight excluding hydrogens is 363 g/mol. The van der Waals surface area contributed by atoms with Gasteiger partial charge in [0.05, 0.1) is 17.7 Å². The minimum atomic E-state index is -0.445. The quantitative estimate of drug-likeness (QED) is 0.640. The van der Waals surface area contributed by atoms with E-state index in [0.717, 1.165) is 0 Å². The zero-order chi connectivity index (χ0) is 19.7. The van der Waals surface area contributed by atoms with Crippen molar-refractivity contribution >= 4 is 28.6 Å². The lowest BCUT2D eigenvalue weighted by atomic mass is 10.1. The zero-order valence-corrected chi connectivity index (χ0v) is 15.8. The molecule has 1 fully saturated rings. The van der Waals surface area contributed by atoms with Crippen molar-refractivity contribution in [1.29, 1.82) is 0 Å². The minimum absolute atomic E-state index is 0.226. The van der Waals surface area contributed by atoms with Crippen LogP contribution >= 0.6 is 0 Å². The summed E-state index contributed by atoms with van der Waals surface area (Å²) in [7, 11) is 0. The Kier molecular flexibility index (Phi) is 4.85. The van der Waals surface area contributed by atoms with Crippen molar-refractivity contribution in [2.45, 2.75) is 13.8 Å². The lowest BCUT2D eigenvalue weighted by Crippen LogP contribution is -2.47. The lowest BCUT2D eigenvalue weighted by molar-refractivity contribution is 0.0526. The van der Waals surface area contributed by atoms with Crippen molar-refractivity contribution in [3.63, 3.8) is 0 Å². The molecule has 0 unspecified atom stereocenters. The second-order valence-electron chi connectivity index (χ2n) is 6.56. The molecule has 2 aromatic heterocycles. The predicted octanol–water partition coefficient (Wildman–Crippen LogP) is 3.17. The number of nitrogens with zero attached hydrogens (tertiary/aromatic N) is 4. The number of piperazine rings is 1. The maximum absolute atomic E-state index is 14.1. The van der Waals surface area contributed by atoms with Gasteiger partial charge in [-0.1, -0.05) is 12.1 Å². The average molecular weight is 384 g/mol. The highest BCUT2D eigenvalue weighted by atomic mass is 19.1. The molecule has 0 spiro atoms. The van der Waals surface area contributed by atoms with E-state index in [-0.39, 0.29) is 12.4 Å². The van der Waals surface area contributed by atoms with Gasteiger partial charge in [0.2, 0.25) is 5.71 Å². The molecule has 0 saturated carbocycles. The van der Waals surface area contributed by atoms with E-state index in [9.17, 15) is 9.18 Å². The zero-order valence-electron chi connectivity index (χ0n) is 15.8. The first-order valence-electron chi connectivity index (χ1n) is 9.25. The standard InChI is InChI=1S/C20H21FN4O3/c1-3-27-20(26)16-13(2)28-19-17(16)18(22-12-23-19)25-10-8-24(9-11-25)15-7-5-4-6-14(15)21/h4-7,12H,3,8-11H2,1-2H3. The van der Waals surface area contributed by atoms with Gasteiger partial charge in [-0.15, -0.1) is 0 Å². The number of aromatic nitrogens is 2. The first kappa shape index (κ1) is 18.2. The van der Waals surface area contributed by atoms with Gasteiger partial charge in [0.1, 0.15) is 29.3 Å². The first-order chi connectivity index (χ1) is 13.6. The molecule has 0 aliphatic carbocycles. The van der Waals surface area contributed by atoms with Crippen molar-refractivity contribution in [1.82, 2.24) is 9.97 Å². The van der Waals surface area contributed by atoms with Gasteiger partial charge in [-0.25, -0.2) is 19.2 Å². The lowest BCUT2D eigenvalue weighted by Gasteiger charge is -2.37. The number of esters is 1. The summed E-state index contributed by atoms with van der Waals surface area (Å²) in [5.74, 6) is 0.425. The summed E-state index contributed by atoms with van der Waals surface area (Å²) in [6, 6.07) is 6.77. The molecule has 0 bridgehead atoms. The van der Waals surface area contributed by atoms with Crippen LogP contribution < -0.4 is 9.80 Å². The molecule has 7 nitrogen and oxygen atoms in total. The summed E-state index contributed by atoms with van der Waals surface area (Å²) in [5, 5.41) is 0.567. The highest BCUT2D eigenvalue weighted by Gasteiger charge is 2.28. The summed E-state index contributed by atoms with van der Waals surface area (Å²) in [5.41, 5.74) is 1.33. The number of aryl methyl sites for hydroxylation is 1. The van der Waals surface area contributed by atoms with Crippen LogP contribution in [-0.2, 0) is 4.74 Å². The third kappa shape index (κ3) is 3.15. The van der Waals surface area contributed by atoms with Gasteiger partial charge in [0.15, 0.2) is 0 Å². The van der Waals surface area contributed by atoms with Crippen LogP contribution in [0.15, 0.2) is 35.0 Å². The summed E-state index contributed by atoms with van der Waals surface area (Å²) >= 11 is 0. The molecule has 146 valence electrons. The van der Waals surface area contributed by atoms with Gasteiger partial charge in [-0.2, -0.15) is 0 Å². The number of ether oxygens (including phenoxy) is 1. The molecule has 1 aliphatic heterocycles. The molecule has 0 atom stereocenters. The monoisotopic (exact) mass is 384 g/mol. The minimum Gasteiger partial charge on any atom is -0.462 e. The Balaban J connectivity index is 1.64. The molecule has 8 heteroatoms. The van der Waals surface area contributed by atoms with Crippen molar-refractivity contribution in [2.75, 3.05) is 42.6 Å². The Labute approximate surface area is 161 Å². The van der Waals surface area contributed by atoms with Crippen LogP contribution in [0.3, 0.4) is 0 Å². The molecule has 3 aromatic rings. The van der Waals surface area contributed by atoms with E-state index < -0.39 is 5.97 Å². The van der Waals surface area contributed by atoms with Crippen molar-refractivity contribution in [2.24, 2.45) is 0 Å². The topological polar surface area (TPSA) is 71.7 Å². The smallest absolute Gasteiger partial charge is 0.342 e. The molecule has 0 amide bonds. The van der Waals surface area contributed by atoms with E-state index in [1.54, 1.807) is 26.0 Å². The van der Waals surface area contributed by atoms with Crippen molar-refractivity contribution in [3.05, 3.63) is 47.7 Å². The van der Waals surface area contributed by atoms with E-state index in [0.29, 0.717) is 60.1 Å². The third-order valence-electron chi connectivity index (χ3n) is 4.90. The number of para-hydroxylation sites is 1. The van der Waals surface area contributed by atoms with Gasteiger partial charge in [-0.3, -0.25) is 0 Å². The number of benzene rings is 1. The fraction of sp³-hybridized carbons (Fsp3) is 0.350. The first-order valence-corrected chi connectivity index (χ1v) is 9.25. The number of hydrogen-bond acceptors (Lipinski definition) is 7. The third-order valence-corrected chi connectivity index (χ3v) is 4.90. The van der Waals surface area contributed by atoms with Crippen molar-refractivity contribution in [3.8, 4) is 0 Å². The highest BCUT2D eigenvalue weighted by Crippen LogP contribution is 2.32. The van der Waals surface area contributed by atoms with Gasteiger partial charge in [0.25, 0.3) is 0 Å². The normalized spacial score (nSPS) is 14.5. The Morgan fingerprint density at radius 2 is 1.89 bits per heavy atom. The second-order valence-corrected chi connectivity index (χ2v) is 6.56. The van der Waals surface area contributed by atoms with Gasteiger partial charge >= 0.3 is 5.97 Å². The number of hydrogen-bond donors (Lipinski definition) is 0. The Morgan fingerprint density at radius 3 is 2.61 bits per heavy atom. The summed E-state index contributed by atoms with van der Waals surface area (Å²) in [6.45, 7) is 6.29. The van der Waals surface area contributed by atoms with E-state index in [2.05, 4.69) is 14.9 Å². The van der Waals surface area contributed by atoms with Crippen LogP contribution in [0.1, 0.15) is 23.0 Å². The number of furan rings is 1. The van der Waals surface area contributed by atoms with Crippen LogP contribution in [0.4, 0.5) is 15.9 Å². The van der Waals surface area contributed by atoms with Gasteiger partial charge in [0, 0.05) is 26.2 Å². The molecule has 28 heavy (non-hydrogen) atoms. The van der Waals surface area contributed by atoms with Crippen molar-refractivity contribution < 1.29 is 18.3 Å².